The molecule has 0 spiro atoms. The predicted molar refractivity (Wildman–Crippen MR) is 117 cm³/mol. The number of benzene rings is 3. The smallest absolute Gasteiger partial charge is 0.254 e. The van der Waals surface area contributed by atoms with Gasteiger partial charge in [0.25, 0.3) is 5.91 Å². The van der Waals surface area contributed by atoms with Crippen LogP contribution < -0.4 is 5.32 Å². The molecule has 0 aromatic heterocycles. The quantitative estimate of drug-likeness (QED) is 0.704. The highest BCUT2D eigenvalue weighted by Crippen LogP contribution is 2.20. The molecule has 1 aliphatic rings. The number of morpholine rings is 1. The number of carbonyl (C=O) groups excluding carboxylic acids is 2. The molecule has 1 N–H and O–H groups in total. The van der Waals surface area contributed by atoms with Gasteiger partial charge in [0.2, 0.25) is 5.91 Å². The number of nitrogens with zero attached hydrogens (tertiary/aromatic N) is 1. The molecule has 0 aliphatic carbocycles. The summed E-state index contributed by atoms with van der Waals surface area (Å²) < 4.78 is 5.29. The van der Waals surface area contributed by atoms with Crippen molar-refractivity contribution >= 4 is 17.5 Å². The van der Waals surface area contributed by atoms with Crippen LogP contribution in [0.5, 0.6) is 0 Å². The van der Waals surface area contributed by atoms with E-state index in [9.17, 15) is 9.59 Å². The summed E-state index contributed by atoms with van der Waals surface area (Å²) in [5.74, 6) is -0.0931. The summed E-state index contributed by atoms with van der Waals surface area (Å²) in [6.07, 6.45) is 0.295. The fourth-order valence-corrected chi connectivity index (χ4v) is 3.48. The first-order valence-corrected chi connectivity index (χ1v) is 10.1. The highest BCUT2D eigenvalue weighted by atomic mass is 16.5. The third-order valence-corrected chi connectivity index (χ3v) is 5.14. The second-order valence-corrected chi connectivity index (χ2v) is 7.27. The lowest BCUT2D eigenvalue weighted by Gasteiger charge is -2.26. The Bertz CT molecular complexity index is 993. The summed E-state index contributed by atoms with van der Waals surface area (Å²) in [5, 5.41) is 2.90. The third-order valence-electron chi connectivity index (χ3n) is 5.14. The third kappa shape index (κ3) is 4.93. The van der Waals surface area contributed by atoms with Crippen molar-refractivity contribution in [3.63, 3.8) is 0 Å². The maximum Gasteiger partial charge on any atom is 0.254 e. The number of anilines is 1. The van der Waals surface area contributed by atoms with E-state index in [0.29, 0.717) is 44.0 Å². The summed E-state index contributed by atoms with van der Waals surface area (Å²) in [5.41, 5.74) is 4.53. The second-order valence-electron chi connectivity index (χ2n) is 7.27. The average molecular weight is 400 g/mol. The van der Waals surface area contributed by atoms with Gasteiger partial charge in [-0.2, -0.15) is 0 Å². The number of nitrogens with one attached hydrogen (secondary N) is 1. The van der Waals surface area contributed by atoms with Gasteiger partial charge in [-0.3, -0.25) is 9.59 Å². The zero-order chi connectivity index (χ0) is 20.8. The number of rotatable bonds is 5. The SMILES string of the molecule is O=C(Cc1ccc(-c2ccccc2)cc1)Nc1ccc(C(=O)N2CCOCC2)cc1. The number of amides is 2. The Labute approximate surface area is 176 Å². The molecular formula is C25H24N2O3. The van der Waals surface area contributed by atoms with Gasteiger partial charge in [-0.15, -0.1) is 0 Å². The van der Waals surface area contributed by atoms with Crippen molar-refractivity contribution in [2.24, 2.45) is 0 Å². The molecule has 3 aromatic carbocycles. The Balaban J connectivity index is 1.33. The van der Waals surface area contributed by atoms with E-state index in [1.165, 1.54) is 0 Å². The predicted octanol–water partition coefficient (Wildman–Crippen LogP) is 4.01. The zero-order valence-electron chi connectivity index (χ0n) is 16.7. The highest BCUT2D eigenvalue weighted by Gasteiger charge is 2.18. The van der Waals surface area contributed by atoms with Gasteiger partial charge in [-0.1, -0.05) is 54.6 Å². The molecule has 0 radical (unpaired) electrons. The maximum atomic E-state index is 12.5. The first kappa shape index (κ1) is 19.9. The van der Waals surface area contributed by atoms with Crippen LogP contribution >= 0.6 is 0 Å². The minimum atomic E-state index is -0.0882. The van der Waals surface area contributed by atoms with Gasteiger partial charge in [0.15, 0.2) is 0 Å². The van der Waals surface area contributed by atoms with E-state index in [1.54, 1.807) is 29.2 Å². The molecule has 4 rings (SSSR count). The number of hydrogen-bond donors (Lipinski definition) is 1. The van der Waals surface area contributed by atoms with Crippen LogP contribution in [-0.2, 0) is 16.0 Å². The molecule has 5 heteroatoms. The number of carbonyl (C=O) groups is 2. The lowest BCUT2D eigenvalue weighted by Crippen LogP contribution is -2.40. The molecule has 3 aromatic rings. The second kappa shape index (κ2) is 9.37. The molecule has 0 bridgehead atoms. The summed E-state index contributed by atoms with van der Waals surface area (Å²) in [6, 6.07) is 25.2. The van der Waals surface area contributed by atoms with Crippen LogP contribution in [0.25, 0.3) is 11.1 Å². The lowest BCUT2D eigenvalue weighted by molar-refractivity contribution is -0.115. The molecule has 1 saturated heterocycles. The molecule has 30 heavy (non-hydrogen) atoms. The van der Waals surface area contributed by atoms with Crippen LogP contribution in [0, 0.1) is 0 Å². The van der Waals surface area contributed by atoms with Crippen molar-refractivity contribution in [2.45, 2.75) is 6.42 Å². The van der Waals surface area contributed by atoms with Gasteiger partial charge in [-0.05, 0) is 41.0 Å². The van der Waals surface area contributed by atoms with E-state index in [-0.39, 0.29) is 11.8 Å². The van der Waals surface area contributed by atoms with E-state index >= 15 is 0 Å². The summed E-state index contributed by atoms with van der Waals surface area (Å²) >= 11 is 0. The van der Waals surface area contributed by atoms with Crippen molar-refractivity contribution in [3.8, 4) is 11.1 Å². The van der Waals surface area contributed by atoms with Crippen LogP contribution in [-0.4, -0.2) is 43.0 Å². The Morgan fingerprint density at radius 3 is 2.10 bits per heavy atom. The van der Waals surface area contributed by atoms with Crippen molar-refractivity contribution in [1.29, 1.82) is 0 Å². The van der Waals surface area contributed by atoms with E-state index in [0.717, 1.165) is 16.7 Å². The summed E-state index contributed by atoms with van der Waals surface area (Å²) in [6.45, 7) is 2.37. The first-order valence-electron chi connectivity index (χ1n) is 10.1. The highest BCUT2D eigenvalue weighted by molar-refractivity contribution is 5.96. The molecule has 1 fully saturated rings. The van der Waals surface area contributed by atoms with Gasteiger partial charge in [0.05, 0.1) is 19.6 Å². The fourth-order valence-electron chi connectivity index (χ4n) is 3.48. The molecule has 2 amide bonds. The molecule has 0 unspecified atom stereocenters. The molecule has 1 aliphatic heterocycles. The van der Waals surface area contributed by atoms with E-state index in [2.05, 4.69) is 17.4 Å². The molecule has 0 atom stereocenters. The number of ether oxygens (including phenoxy) is 1. The Morgan fingerprint density at radius 2 is 1.43 bits per heavy atom. The van der Waals surface area contributed by atoms with Gasteiger partial charge in [0, 0.05) is 24.3 Å². The minimum absolute atomic E-state index is 0.00492. The Morgan fingerprint density at radius 1 is 0.800 bits per heavy atom. The summed E-state index contributed by atoms with van der Waals surface area (Å²) in [4.78, 5) is 26.7. The van der Waals surface area contributed by atoms with Crippen LogP contribution in [0.3, 0.4) is 0 Å². The summed E-state index contributed by atoms with van der Waals surface area (Å²) in [7, 11) is 0. The zero-order valence-corrected chi connectivity index (χ0v) is 16.7. The van der Waals surface area contributed by atoms with Crippen LogP contribution in [0.4, 0.5) is 5.69 Å². The molecule has 0 saturated carbocycles. The van der Waals surface area contributed by atoms with Crippen molar-refractivity contribution < 1.29 is 14.3 Å². The van der Waals surface area contributed by atoms with Gasteiger partial charge in [0.1, 0.15) is 0 Å². The molecule has 152 valence electrons. The maximum absolute atomic E-state index is 12.5. The van der Waals surface area contributed by atoms with Crippen molar-refractivity contribution in [1.82, 2.24) is 4.90 Å². The molecule has 5 nitrogen and oxygen atoms in total. The largest absolute Gasteiger partial charge is 0.378 e. The molecular weight excluding hydrogens is 376 g/mol. The Hall–Kier alpha value is -3.44. The number of hydrogen-bond acceptors (Lipinski definition) is 3. The standard InChI is InChI=1S/C25H24N2O3/c28-24(18-19-6-8-21(9-7-19)20-4-2-1-3-5-20)26-23-12-10-22(11-13-23)25(29)27-14-16-30-17-15-27/h1-13H,14-18H2,(H,26,28). The fraction of sp³-hybridized carbons (Fsp3) is 0.200. The van der Waals surface area contributed by atoms with Gasteiger partial charge >= 0.3 is 0 Å². The monoisotopic (exact) mass is 400 g/mol. The van der Waals surface area contributed by atoms with Crippen LogP contribution in [0.15, 0.2) is 78.9 Å². The molecule has 1 heterocycles. The average Bonchev–Trinajstić information content (AvgIpc) is 2.81. The van der Waals surface area contributed by atoms with E-state index in [4.69, 9.17) is 4.74 Å². The van der Waals surface area contributed by atoms with Crippen molar-refractivity contribution in [3.05, 3.63) is 90.0 Å². The van der Waals surface area contributed by atoms with Gasteiger partial charge in [-0.25, -0.2) is 0 Å². The normalized spacial score (nSPS) is 13.7. The minimum Gasteiger partial charge on any atom is -0.378 e. The van der Waals surface area contributed by atoms with E-state index < -0.39 is 0 Å². The van der Waals surface area contributed by atoms with Crippen LogP contribution in [0.2, 0.25) is 0 Å². The van der Waals surface area contributed by atoms with Crippen LogP contribution in [0.1, 0.15) is 15.9 Å². The van der Waals surface area contributed by atoms with E-state index in [1.807, 2.05) is 42.5 Å². The van der Waals surface area contributed by atoms with Gasteiger partial charge < -0.3 is 15.0 Å². The topological polar surface area (TPSA) is 58.6 Å². The first-order chi connectivity index (χ1) is 14.7. The lowest BCUT2D eigenvalue weighted by atomic mass is 10.0. The Kier molecular flexibility index (Phi) is 6.20. The van der Waals surface area contributed by atoms with Crippen molar-refractivity contribution in [2.75, 3.05) is 31.6 Å².